The summed E-state index contributed by atoms with van der Waals surface area (Å²) in [6.45, 7) is 11.4. The predicted octanol–water partition coefficient (Wildman–Crippen LogP) is 6.25. The number of nitrogens with zero attached hydrogens (tertiary/aromatic N) is 1. The molecule has 0 radical (unpaired) electrons. The van der Waals surface area contributed by atoms with E-state index in [-0.39, 0.29) is 28.5 Å². The van der Waals surface area contributed by atoms with Crippen LogP contribution in [0.4, 0.5) is 0 Å². The maximum atomic E-state index is 7.33. The third kappa shape index (κ3) is 4.53. The van der Waals surface area contributed by atoms with Crippen LogP contribution >= 0.6 is 0 Å². The van der Waals surface area contributed by atoms with E-state index in [0.29, 0.717) is 45.7 Å². The molecule has 238 valence electrons. The number of likely N-dealkylation sites (tertiary alicyclic amines) is 1. The molecule has 44 heavy (non-hydrogen) atoms. The van der Waals surface area contributed by atoms with Gasteiger partial charge < -0.3 is 23.7 Å². The van der Waals surface area contributed by atoms with Crippen LogP contribution in [0.5, 0.6) is 5.75 Å². The van der Waals surface area contributed by atoms with E-state index in [4.69, 9.17) is 23.7 Å². The van der Waals surface area contributed by atoms with Gasteiger partial charge in [0.2, 0.25) is 0 Å². The lowest BCUT2D eigenvalue weighted by Gasteiger charge is -2.74. The number of hydrogen-bond donors (Lipinski definition) is 0. The first-order chi connectivity index (χ1) is 21.6. The molecule has 1 saturated heterocycles. The highest BCUT2D eigenvalue weighted by atomic mass is 16.6. The zero-order chi connectivity index (χ0) is 29.8. The fourth-order valence-corrected chi connectivity index (χ4v) is 10.4. The molecule has 2 aromatic rings. The molecule has 5 aliphatic carbocycles. The number of fused-ring (bicyclic) bond motifs is 2. The highest BCUT2D eigenvalue weighted by Gasteiger charge is 2.80. The van der Waals surface area contributed by atoms with Gasteiger partial charge in [0.15, 0.2) is 0 Å². The summed E-state index contributed by atoms with van der Waals surface area (Å²) < 4.78 is 32.8. The van der Waals surface area contributed by atoms with E-state index in [9.17, 15) is 0 Å². The van der Waals surface area contributed by atoms with E-state index in [1.165, 1.54) is 55.6 Å². The lowest BCUT2D eigenvalue weighted by molar-refractivity contribution is -0.292. The second-order valence-electron chi connectivity index (χ2n) is 14.7. The largest absolute Gasteiger partial charge is 0.486 e. The lowest BCUT2D eigenvalue weighted by Crippen LogP contribution is -2.81. The van der Waals surface area contributed by atoms with Crippen LogP contribution in [0.1, 0.15) is 74.1 Å². The number of aryl methyl sites for hydroxylation is 1. The van der Waals surface area contributed by atoms with E-state index in [2.05, 4.69) is 61.2 Å². The van der Waals surface area contributed by atoms with Crippen LogP contribution < -0.4 is 4.74 Å². The van der Waals surface area contributed by atoms with Crippen molar-refractivity contribution in [2.75, 3.05) is 52.7 Å². The summed E-state index contributed by atoms with van der Waals surface area (Å²) in [6, 6.07) is 15.9. The minimum absolute atomic E-state index is 0.0235. The lowest BCUT2D eigenvalue weighted by atomic mass is 9.35. The maximum absolute atomic E-state index is 7.33. The Kier molecular flexibility index (Phi) is 7.82. The number of piperidine rings is 1. The highest BCUT2D eigenvalue weighted by molar-refractivity contribution is 5.61. The number of ether oxygens (including phenoxy) is 5. The first kappa shape index (κ1) is 29.4. The van der Waals surface area contributed by atoms with Crippen LogP contribution in [-0.4, -0.2) is 75.4 Å². The molecule has 2 aliphatic heterocycles. The van der Waals surface area contributed by atoms with Crippen molar-refractivity contribution in [1.29, 1.82) is 0 Å². The highest BCUT2D eigenvalue weighted by Crippen LogP contribution is 2.76. The molecule has 6 nitrogen and oxygen atoms in total. The van der Waals surface area contributed by atoms with Crippen LogP contribution in [0.25, 0.3) is 0 Å². The fourth-order valence-electron chi connectivity index (χ4n) is 10.4. The van der Waals surface area contributed by atoms with Gasteiger partial charge in [-0.15, -0.1) is 0 Å². The summed E-state index contributed by atoms with van der Waals surface area (Å²) in [6.07, 6.45) is 9.63. The Morgan fingerprint density at radius 2 is 1.73 bits per heavy atom. The van der Waals surface area contributed by atoms with Gasteiger partial charge in [-0.2, -0.15) is 0 Å². The van der Waals surface area contributed by atoms with Gasteiger partial charge in [-0.3, -0.25) is 4.90 Å². The standard InChI is InChI=1S/C38H51NO5/c1-3-17-40-18-19-41-20-21-43-38-14-13-36(23-31(38)26-42-25-29-7-5-4-6-8-29)32-22-30-12-9-27(2)34-33(30)37(36,35(38)44-34)15-16-39(32)24-28-10-11-28/h4-9,12,28,31-32,35H,3,10-11,13-26H2,1-2H3/t31-,32-,35-,36-,37+,38-/m1/s1. The molecule has 2 aromatic carbocycles. The number of rotatable bonds is 15. The molecule has 4 bridgehead atoms. The van der Waals surface area contributed by atoms with Crippen LogP contribution in [0.3, 0.4) is 0 Å². The van der Waals surface area contributed by atoms with Crippen molar-refractivity contribution in [1.82, 2.24) is 4.90 Å². The van der Waals surface area contributed by atoms with Crippen molar-refractivity contribution in [2.24, 2.45) is 17.3 Å². The number of benzene rings is 2. The van der Waals surface area contributed by atoms with Gasteiger partial charge in [0, 0.05) is 41.5 Å². The summed E-state index contributed by atoms with van der Waals surface area (Å²) in [5.74, 6) is 2.36. The Bertz CT molecular complexity index is 1330. The molecule has 9 rings (SSSR count). The second kappa shape index (κ2) is 11.7. The van der Waals surface area contributed by atoms with Crippen LogP contribution in [0, 0.1) is 24.2 Å². The van der Waals surface area contributed by atoms with E-state index in [0.717, 1.165) is 38.2 Å². The van der Waals surface area contributed by atoms with E-state index in [1.807, 2.05) is 0 Å². The molecular weight excluding hydrogens is 550 g/mol. The molecule has 5 fully saturated rings. The Labute approximate surface area is 263 Å². The average Bonchev–Trinajstić information content (AvgIpc) is 3.78. The molecule has 6 heteroatoms. The predicted molar refractivity (Wildman–Crippen MR) is 170 cm³/mol. The van der Waals surface area contributed by atoms with Crippen LogP contribution in [0.2, 0.25) is 0 Å². The molecule has 0 N–H and O–H groups in total. The maximum Gasteiger partial charge on any atom is 0.138 e. The molecule has 2 spiro atoms. The van der Waals surface area contributed by atoms with Crippen molar-refractivity contribution in [3.05, 3.63) is 64.7 Å². The van der Waals surface area contributed by atoms with Crippen molar-refractivity contribution in [2.45, 2.75) is 95.0 Å². The molecule has 0 amide bonds. The summed E-state index contributed by atoms with van der Waals surface area (Å²) in [5, 5.41) is 0. The van der Waals surface area contributed by atoms with Crippen molar-refractivity contribution in [3.8, 4) is 5.75 Å². The monoisotopic (exact) mass is 601 g/mol. The molecular formula is C38H51NO5. The smallest absolute Gasteiger partial charge is 0.138 e. The van der Waals surface area contributed by atoms with Gasteiger partial charge in [-0.1, -0.05) is 49.4 Å². The zero-order valence-electron chi connectivity index (χ0n) is 26.9. The van der Waals surface area contributed by atoms with E-state index in [1.54, 1.807) is 11.1 Å². The Morgan fingerprint density at radius 3 is 2.55 bits per heavy atom. The Hall–Kier alpha value is -1.96. The fraction of sp³-hybridized carbons (Fsp3) is 0.684. The normalized spacial score (nSPS) is 34.6. The van der Waals surface area contributed by atoms with E-state index < -0.39 is 0 Å². The molecule has 0 unspecified atom stereocenters. The average molecular weight is 602 g/mol. The third-order valence-electron chi connectivity index (χ3n) is 12.4. The Morgan fingerprint density at radius 1 is 0.909 bits per heavy atom. The molecule has 7 aliphatic rings. The van der Waals surface area contributed by atoms with Gasteiger partial charge in [-0.25, -0.2) is 0 Å². The van der Waals surface area contributed by atoms with E-state index >= 15 is 0 Å². The molecule has 2 heterocycles. The van der Waals surface area contributed by atoms with Crippen molar-refractivity contribution < 1.29 is 23.7 Å². The number of hydrogen-bond acceptors (Lipinski definition) is 6. The summed E-state index contributed by atoms with van der Waals surface area (Å²) in [5.41, 5.74) is 5.45. The summed E-state index contributed by atoms with van der Waals surface area (Å²) in [7, 11) is 0. The minimum atomic E-state index is -0.385. The van der Waals surface area contributed by atoms with Crippen molar-refractivity contribution in [3.63, 3.8) is 0 Å². The summed E-state index contributed by atoms with van der Waals surface area (Å²) in [4.78, 5) is 2.93. The topological polar surface area (TPSA) is 49.4 Å². The minimum Gasteiger partial charge on any atom is -0.486 e. The second-order valence-corrected chi connectivity index (χ2v) is 14.7. The molecule has 6 atom stereocenters. The molecule has 4 saturated carbocycles. The first-order valence-electron chi connectivity index (χ1n) is 17.6. The van der Waals surface area contributed by atoms with Gasteiger partial charge in [-0.05, 0) is 87.4 Å². The first-order valence-corrected chi connectivity index (χ1v) is 17.6. The quantitative estimate of drug-likeness (QED) is 0.225. The zero-order valence-corrected chi connectivity index (χ0v) is 26.9. The third-order valence-corrected chi connectivity index (χ3v) is 12.4. The van der Waals surface area contributed by atoms with Gasteiger partial charge in [0.05, 0.1) is 39.6 Å². The van der Waals surface area contributed by atoms with Crippen molar-refractivity contribution >= 4 is 0 Å². The van der Waals surface area contributed by atoms with Gasteiger partial charge >= 0.3 is 0 Å². The SMILES string of the molecule is CCCOCCOCCO[C@]12CC[C@@]3(C[C@@H]1COCc1ccccc1)[C@H]1Cc4ccc(C)c5c4[C@@]3(CCN1CC1CC1)[C@H]2O5. The van der Waals surface area contributed by atoms with Gasteiger partial charge in [0.25, 0.3) is 0 Å². The van der Waals surface area contributed by atoms with Crippen LogP contribution in [-0.2, 0) is 37.4 Å². The summed E-state index contributed by atoms with van der Waals surface area (Å²) >= 11 is 0. The van der Waals surface area contributed by atoms with Gasteiger partial charge in [0.1, 0.15) is 17.5 Å². The molecule has 0 aromatic heterocycles. The van der Waals surface area contributed by atoms with Crippen LogP contribution in [0.15, 0.2) is 42.5 Å². The Balaban J connectivity index is 1.12.